The van der Waals surface area contributed by atoms with Gasteiger partial charge < -0.3 is 11.1 Å². The summed E-state index contributed by atoms with van der Waals surface area (Å²) in [6.07, 6.45) is 0. The zero-order valence-electron chi connectivity index (χ0n) is 11.8. The maximum absolute atomic E-state index is 12.5. The largest absolute Gasteiger partial charge is 0.351 e. The molecule has 0 saturated heterocycles. The van der Waals surface area contributed by atoms with Gasteiger partial charge in [-0.3, -0.25) is 4.72 Å². The van der Waals surface area contributed by atoms with Gasteiger partial charge in [-0.2, -0.15) is 0 Å². The molecule has 4 N–H and O–H groups in total. The van der Waals surface area contributed by atoms with E-state index in [1.165, 1.54) is 25.1 Å². The molecule has 6 nitrogen and oxygen atoms in total. The quantitative estimate of drug-likeness (QED) is 0.404. The smallest absolute Gasteiger partial charge is 0.337 e. The van der Waals surface area contributed by atoms with Crippen molar-refractivity contribution in [3.05, 3.63) is 60.7 Å². The molecule has 0 saturated carbocycles. The van der Waals surface area contributed by atoms with E-state index >= 15 is 0 Å². The summed E-state index contributed by atoms with van der Waals surface area (Å²) < 4.78 is 3.87. The zero-order valence-corrected chi connectivity index (χ0v) is 14.3. The Bertz CT molecular complexity index is 643. The number of rotatable bonds is 6. The zero-order chi connectivity index (χ0) is 16.5. The molecule has 0 spiro atoms. The molecule has 4 amide bonds. The fourth-order valence-corrected chi connectivity index (χ4v) is 4.30. The average Bonchev–Trinajstić information content (AvgIpc) is 2.56. The molecule has 0 aliphatic carbocycles. The first-order chi connectivity index (χ1) is 11.2. The molecule has 0 bridgehead atoms. The van der Waals surface area contributed by atoms with Crippen LogP contribution in [-0.2, 0) is 0 Å². The highest BCUT2D eigenvalue weighted by Gasteiger charge is 2.17. The van der Waals surface area contributed by atoms with Crippen molar-refractivity contribution < 1.29 is 9.59 Å². The van der Waals surface area contributed by atoms with Crippen molar-refractivity contribution in [2.24, 2.45) is 5.73 Å². The van der Waals surface area contributed by atoms with Gasteiger partial charge in [0, 0.05) is 37.5 Å². The molecule has 0 atom stereocenters. The molecule has 0 unspecified atom stereocenters. The number of amides is 4. The summed E-state index contributed by atoms with van der Waals surface area (Å²) in [4.78, 5) is 23.2. The minimum Gasteiger partial charge on any atom is -0.351 e. The van der Waals surface area contributed by atoms with Crippen molar-refractivity contribution >= 4 is 55.2 Å². The van der Waals surface area contributed by atoms with Gasteiger partial charge in [0.15, 0.2) is 0 Å². The number of hydrogen-bond donors (Lipinski definition) is 3. The van der Waals surface area contributed by atoms with Crippen molar-refractivity contribution in [2.45, 2.75) is 0 Å². The third kappa shape index (κ3) is 5.97. The van der Waals surface area contributed by atoms with Gasteiger partial charge in [-0.1, -0.05) is 36.4 Å². The number of para-hydroxylation sites is 2. The summed E-state index contributed by atoms with van der Waals surface area (Å²) in [5, 5.41) is 2.82. The van der Waals surface area contributed by atoms with E-state index in [4.69, 9.17) is 5.73 Å². The van der Waals surface area contributed by atoms with Gasteiger partial charge in [0.1, 0.15) is 0 Å². The number of nitrogens with two attached hydrogens (primary N) is 1. The second kappa shape index (κ2) is 9.23. The molecule has 2 aromatic carbocycles. The van der Waals surface area contributed by atoms with Gasteiger partial charge in [0.2, 0.25) is 0 Å². The van der Waals surface area contributed by atoms with Gasteiger partial charge in [-0.25, -0.2) is 13.9 Å². The Hall–Kier alpha value is -1.97. The van der Waals surface area contributed by atoms with E-state index in [0.717, 1.165) is 16.7 Å². The van der Waals surface area contributed by atoms with Gasteiger partial charge in [-0.15, -0.1) is 0 Å². The predicted molar refractivity (Wildman–Crippen MR) is 99.9 cm³/mol. The topological polar surface area (TPSA) is 87.5 Å². The molecule has 2 aromatic rings. The summed E-state index contributed by atoms with van der Waals surface area (Å²) in [5.41, 5.74) is 6.42. The Morgan fingerprint density at radius 1 is 0.957 bits per heavy atom. The Balaban J connectivity index is 2.03. The van der Waals surface area contributed by atoms with E-state index in [0.29, 0.717) is 5.69 Å². The molecule has 0 heterocycles. The number of carbonyl (C=O) groups excluding carboxylic acids is 2. The minimum atomic E-state index is -0.636. The second-order valence-corrected chi connectivity index (χ2v) is 7.72. The molecule has 0 aliphatic heterocycles. The highest BCUT2D eigenvalue weighted by atomic mass is 33.5. The highest BCUT2D eigenvalue weighted by molar-refractivity contribution is 9.09. The molecule has 23 heavy (non-hydrogen) atoms. The summed E-state index contributed by atoms with van der Waals surface area (Å²) in [6.45, 7) is 0. The SMILES string of the molecule is NC(=O)NSSSN(C(=O)Nc1ccccc1)c1ccccc1. The molecule has 0 aliphatic rings. The third-order valence-corrected chi connectivity index (χ3v) is 5.66. The maximum Gasteiger partial charge on any atom is 0.337 e. The van der Waals surface area contributed by atoms with Gasteiger partial charge in [0.25, 0.3) is 0 Å². The van der Waals surface area contributed by atoms with E-state index in [1.54, 1.807) is 0 Å². The van der Waals surface area contributed by atoms with Gasteiger partial charge >= 0.3 is 12.1 Å². The van der Waals surface area contributed by atoms with E-state index in [9.17, 15) is 9.59 Å². The molecular weight excluding hydrogens is 352 g/mol. The predicted octanol–water partition coefficient (Wildman–Crippen LogP) is 4.25. The Morgan fingerprint density at radius 3 is 2.17 bits per heavy atom. The standard InChI is InChI=1S/C14H14N4O2S3/c15-13(19)17-21-23-22-18(12-9-5-2-6-10-12)14(20)16-11-7-3-1-4-8-11/h1-10H,(H,16,20)(H3,15,17,19). The molecule has 0 fully saturated rings. The van der Waals surface area contributed by atoms with Crippen molar-refractivity contribution in [1.29, 1.82) is 0 Å². The number of carbonyl (C=O) groups is 2. The number of nitrogens with zero attached hydrogens (tertiary/aromatic N) is 1. The summed E-state index contributed by atoms with van der Waals surface area (Å²) >= 11 is 0. The van der Waals surface area contributed by atoms with Crippen molar-refractivity contribution in [1.82, 2.24) is 4.72 Å². The van der Waals surface area contributed by atoms with E-state index < -0.39 is 6.03 Å². The number of benzene rings is 2. The number of primary amides is 1. The van der Waals surface area contributed by atoms with E-state index in [2.05, 4.69) is 10.0 Å². The molecule has 120 valence electrons. The first kappa shape index (κ1) is 17.4. The summed E-state index contributed by atoms with van der Waals surface area (Å²) in [6, 6.07) is 17.5. The fourth-order valence-electron chi connectivity index (χ4n) is 1.56. The lowest BCUT2D eigenvalue weighted by atomic mass is 10.3. The van der Waals surface area contributed by atoms with Gasteiger partial charge in [-0.05, 0) is 24.3 Å². The van der Waals surface area contributed by atoms with Crippen LogP contribution >= 0.6 is 31.8 Å². The van der Waals surface area contributed by atoms with E-state index in [-0.39, 0.29) is 6.03 Å². The first-order valence-electron chi connectivity index (χ1n) is 6.44. The fraction of sp³-hybridized carbons (Fsp3) is 0. The van der Waals surface area contributed by atoms with Crippen LogP contribution in [-0.4, -0.2) is 12.1 Å². The summed E-state index contributed by atoms with van der Waals surface area (Å²) in [5.74, 6) is 0. The lowest BCUT2D eigenvalue weighted by Gasteiger charge is -2.20. The van der Waals surface area contributed by atoms with E-state index in [1.807, 2.05) is 60.7 Å². The summed E-state index contributed by atoms with van der Waals surface area (Å²) in [7, 11) is 3.43. The molecule has 0 aromatic heterocycles. The van der Waals surface area contributed by atoms with Crippen LogP contribution in [0.15, 0.2) is 60.7 Å². The van der Waals surface area contributed by atoms with Gasteiger partial charge in [0.05, 0.1) is 5.69 Å². The molecule has 9 heteroatoms. The van der Waals surface area contributed by atoms with Crippen LogP contribution in [0.1, 0.15) is 0 Å². The van der Waals surface area contributed by atoms with Crippen LogP contribution in [0.5, 0.6) is 0 Å². The number of nitrogens with one attached hydrogen (secondary N) is 2. The van der Waals surface area contributed by atoms with Crippen molar-refractivity contribution in [3.8, 4) is 0 Å². The second-order valence-electron chi connectivity index (χ2n) is 4.12. The Morgan fingerprint density at radius 2 is 1.57 bits per heavy atom. The number of hydrogen-bond acceptors (Lipinski definition) is 5. The first-order valence-corrected chi connectivity index (χ1v) is 9.88. The number of urea groups is 2. The molecule has 0 radical (unpaired) electrons. The Kier molecular flexibility index (Phi) is 6.98. The van der Waals surface area contributed by atoms with Crippen LogP contribution < -0.4 is 20.1 Å². The Labute approximate surface area is 145 Å². The monoisotopic (exact) mass is 366 g/mol. The molecular formula is C14H14N4O2S3. The lowest BCUT2D eigenvalue weighted by Crippen LogP contribution is -2.28. The third-order valence-electron chi connectivity index (χ3n) is 2.48. The van der Waals surface area contributed by atoms with Crippen LogP contribution in [0, 0.1) is 0 Å². The van der Waals surface area contributed by atoms with Crippen LogP contribution in [0.25, 0.3) is 0 Å². The normalized spacial score (nSPS) is 9.91. The minimum absolute atomic E-state index is 0.292. The van der Waals surface area contributed by atoms with Crippen LogP contribution in [0.4, 0.5) is 21.0 Å². The number of anilines is 2. The maximum atomic E-state index is 12.5. The van der Waals surface area contributed by atoms with Crippen molar-refractivity contribution in [2.75, 3.05) is 9.62 Å². The highest BCUT2D eigenvalue weighted by Crippen LogP contribution is 2.38. The van der Waals surface area contributed by atoms with Crippen molar-refractivity contribution in [3.63, 3.8) is 0 Å². The average molecular weight is 366 g/mol. The molecule has 2 rings (SSSR count). The van der Waals surface area contributed by atoms with Crippen LogP contribution in [0.2, 0.25) is 0 Å². The lowest BCUT2D eigenvalue weighted by molar-refractivity contribution is 0.254. The van der Waals surface area contributed by atoms with Crippen LogP contribution in [0.3, 0.4) is 0 Å².